The maximum atomic E-state index is 12.7. The molecule has 0 aliphatic carbocycles. The number of rotatable bonds is 8. The van der Waals surface area contributed by atoms with Crippen LogP contribution < -0.4 is 27.2 Å². The number of anilines is 1. The van der Waals surface area contributed by atoms with Crippen LogP contribution in [0.15, 0.2) is 41.3 Å². The van der Waals surface area contributed by atoms with Gasteiger partial charge in [-0.15, -0.1) is 0 Å². The third kappa shape index (κ3) is 7.14. The highest BCUT2D eigenvalue weighted by Gasteiger charge is 2.31. The summed E-state index contributed by atoms with van der Waals surface area (Å²) in [4.78, 5) is 47.4. The number of nitrogens with one attached hydrogen (secondary N) is 1. The van der Waals surface area contributed by atoms with Crippen molar-refractivity contribution < 1.29 is 14.3 Å². The predicted molar refractivity (Wildman–Crippen MR) is 149 cm³/mol. The van der Waals surface area contributed by atoms with Crippen LogP contribution >= 0.6 is 0 Å². The summed E-state index contributed by atoms with van der Waals surface area (Å²) in [5.41, 5.74) is 10.9. The molecule has 212 valence electrons. The minimum atomic E-state index is -0.952. The molecular weight excluding hydrogens is 500 g/mol. The summed E-state index contributed by atoms with van der Waals surface area (Å²) in [7, 11) is 0. The van der Waals surface area contributed by atoms with Crippen molar-refractivity contribution in [3.63, 3.8) is 0 Å². The van der Waals surface area contributed by atoms with E-state index in [0.717, 1.165) is 31.8 Å². The van der Waals surface area contributed by atoms with Gasteiger partial charge in [-0.1, -0.05) is 0 Å². The van der Waals surface area contributed by atoms with E-state index in [0.29, 0.717) is 50.4 Å². The van der Waals surface area contributed by atoms with Crippen LogP contribution in [0.2, 0.25) is 0 Å². The van der Waals surface area contributed by atoms with E-state index in [9.17, 15) is 14.4 Å². The molecule has 1 aromatic carbocycles. The number of hydrogen-bond donors (Lipinski definition) is 3. The van der Waals surface area contributed by atoms with Crippen molar-refractivity contribution in [1.82, 2.24) is 24.3 Å². The number of ether oxygens (including phenoxy) is 1. The number of piperazine rings is 1. The van der Waals surface area contributed by atoms with Crippen molar-refractivity contribution in [2.75, 3.05) is 57.7 Å². The third-order valence-corrected chi connectivity index (χ3v) is 7.32. The third-order valence-electron chi connectivity index (χ3n) is 7.32. The Kier molecular flexibility index (Phi) is 8.88. The Bertz CT molecular complexity index is 1200. The van der Waals surface area contributed by atoms with Crippen LogP contribution in [-0.2, 0) is 4.79 Å². The van der Waals surface area contributed by atoms with Gasteiger partial charge in [-0.05, 0) is 76.5 Å². The summed E-state index contributed by atoms with van der Waals surface area (Å²) in [6.07, 6.45) is 2.71. The van der Waals surface area contributed by atoms with Gasteiger partial charge in [-0.2, -0.15) is 4.98 Å². The average molecular weight is 541 g/mol. The lowest BCUT2D eigenvalue weighted by Crippen LogP contribution is -2.58. The molecule has 2 unspecified atom stereocenters. The Labute approximate surface area is 228 Å². The minimum absolute atomic E-state index is 0.148. The second kappa shape index (κ2) is 12.1. The van der Waals surface area contributed by atoms with Crippen LogP contribution in [0.4, 0.5) is 10.6 Å². The zero-order chi connectivity index (χ0) is 28.2. The molecule has 0 radical (unpaired) electrons. The minimum Gasteiger partial charge on any atom is -0.492 e. The molecule has 2 fully saturated rings. The van der Waals surface area contributed by atoms with Gasteiger partial charge in [0.15, 0.2) is 0 Å². The molecule has 2 aliphatic heterocycles. The zero-order valence-electron chi connectivity index (χ0n) is 23.0. The summed E-state index contributed by atoms with van der Waals surface area (Å²) < 4.78 is 7.37. The van der Waals surface area contributed by atoms with Crippen LogP contribution in [0.1, 0.15) is 27.2 Å². The maximum absolute atomic E-state index is 12.7. The molecule has 2 aliphatic rings. The fraction of sp³-hybridized carbons (Fsp3) is 0.556. The molecule has 4 rings (SSSR count). The molecule has 0 spiro atoms. The summed E-state index contributed by atoms with van der Waals surface area (Å²) >= 11 is 0. The number of carbonyl (C=O) groups is 2. The molecule has 2 aromatic rings. The molecule has 2 saturated heterocycles. The van der Waals surface area contributed by atoms with Gasteiger partial charge in [-0.25, -0.2) is 9.59 Å². The van der Waals surface area contributed by atoms with E-state index in [2.05, 4.69) is 22.1 Å². The highest BCUT2D eigenvalue weighted by atomic mass is 16.5. The molecule has 0 bridgehead atoms. The van der Waals surface area contributed by atoms with E-state index in [-0.39, 0.29) is 17.8 Å². The molecule has 39 heavy (non-hydrogen) atoms. The summed E-state index contributed by atoms with van der Waals surface area (Å²) in [6, 6.07) is 8.74. The van der Waals surface area contributed by atoms with Crippen LogP contribution in [0.25, 0.3) is 5.69 Å². The molecule has 1 aromatic heterocycles. The van der Waals surface area contributed by atoms with Gasteiger partial charge in [0.2, 0.25) is 5.91 Å². The van der Waals surface area contributed by atoms with Crippen LogP contribution in [-0.4, -0.2) is 100 Å². The van der Waals surface area contributed by atoms with Crippen molar-refractivity contribution >= 4 is 17.8 Å². The van der Waals surface area contributed by atoms with Gasteiger partial charge in [0, 0.05) is 45.0 Å². The number of benzene rings is 1. The Balaban J connectivity index is 1.28. The van der Waals surface area contributed by atoms with Crippen LogP contribution in [0, 0.1) is 5.92 Å². The lowest BCUT2D eigenvalue weighted by atomic mass is 10.1. The summed E-state index contributed by atoms with van der Waals surface area (Å²) in [5.74, 6) is 1.30. The molecule has 5 N–H and O–H groups in total. The van der Waals surface area contributed by atoms with E-state index in [1.165, 1.54) is 4.57 Å². The van der Waals surface area contributed by atoms with E-state index < -0.39 is 11.2 Å². The van der Waals surface area contributed by atoms with E-state index in [1.54, 1.807) is 48.0 Å². The second-order valence-electron chi connectivity index (χ2n) is 10.9. The first kappa shape index (κ1) is 28.5. The van der Waals surface area contributed by atoms with Crippen molar-refractivity contribution in [2.45, 2.75) is 38.8 Å². The molecular formula is C27H40N8O4. The highest BCUT2D eigenvalue weighted by molar-refractivity contribution is 5.89. The number of nitrogens with zero attached hydrogens (tertiary/aromatic N) is 5. The Morgan fingerprint density at radius 3 is 2.36 bits per heavy atom. The lowest BCUT2D eigenvalue weighted by Gasteiger charge is -2.37. The van der Waals surface area contributed by atoms with Gasteiger partial charge in [0.05, 0.1) is 11.2 Å². The largest absolute Gasteiger partial charge is 0.492 e. The highest BCUT2D eigenvalue weighted by Crippen LogP contribution is 2.20. The summed E-state index contributed by atoms with van der Waals surface area (Å²) in [5, 5.41) is 2.67. The number of urea groups is 1. The number of hydrogen-bond acceptors (Lipinski definition) is 8. The number of nitrogens with two attached hydrogens (primary N) is 2. The first-order valence-electron chi connectivity index (χ1n) is 13.5. The predicted octanol–water partition coefficient (Wildman–Crippen LogP) is 0.694. The van der Waals surface area contributed by atoms with Crippen molar-refractivity contribution in [1.29, 1.82) is 0 Å². The van der Waals surface area contributed by atoms with Crippen LogP contribution in [0.3, 0.4) is 0 Å². The average Bonchev–Trinajstić information content (AvgIpc) is 3.41. The van der Waals surface area contributed by atoms with Gasteiger partial charge >= 0.3 is 11.7 Å². The van der Waals surface area contributed by atoms with E-state index in [4.69, 9.17) is 16.2 Å². The van der Waals surface area contributed by atoms with Gasteiger partial charge in [-0.3, -0.25) is 19.6 Å². The molecule has 0 saturated carbocycles. The van der Waals surface area contributed by atoms with Crippen molar-refractivity contribution in [3.05, 3.63) is 47.0 Å². The first-order chi connectivity index (χ1) is 18.5. The fourth-order valence-electron chi connectivity index (χ4n) is 4.86. The fourth-order valence-corrected chi connectivity index (χ4v) is 4.86. The Morgan fingerprint density at radius 2 is 1.77 bits per heavy atom. The van der Waals surface area contributed by atoms with E-state index in [1.807, 2.05) is 12.1 Å². The summed E-state index contributed by atoms with van der Waals surface area (Å²) in [6.45, 7) is 10.4. The standard InChI is InChI=1S/C27H40N8O4/c1-19(34-10-8-20(16-28)17-34)18-39-22-6-4-21(5-7-22)35-11-9-23(31-26(35)38)30-25(37)33-14-12-32(13-15-33)24(36)27(2,3)29/h4-7,9,11,19-20H,8,10,12-18,28-29H2,1-3H3,(H,30,31,37,38). The smallest absolute Gasteiger partial charge is 0.354 e. The SMILES string of the molecule is CC(COc1ccc(-n2ccc(NC(=O)N3CCN(C(=O)C(C)(C)N)CC3)nc2=O)cc1)N1CCC(CN)C1. The van der Waals surface area contributed by atoms with Gasteiger partial charge in [0.25, 0.3) is 0 Å². The maximum Gasteiger partial charge on any atom is 0.354 e. The Morgan fingerprint density at radius 1 is 1.10 bits per heavy atom. The molecule has 12 nitrogen and oxygen atoms in total. The molecule has 3 heterocycles. The van der Waals surface area contributed by atoms with Crippen LogP contribution in [0.5, 0.6) is 5.75 Å². The lowest BCUT2D eigenvalue weighted by molar-refractivity contribution is -0.137. The zero-order valence-corrected chi connectivity index (χ0v) is 23.0. The number of carbonyl (C=O) groups excluding carboxylic acids is 2. The number of aromatic nitrogens is 2. The quantitative estimate of drug-likeness (QED) is 0.442. The van der Waals surface area contributed by atoms with Crippen molar-refractivity contribution in [2.24, 2.45) is 17.4 Å². The van der Waals surface area contributed by atoms with Gasteiger partial charge < -0.3 is 26.0 Å². The number of amides is 3. The molecule has 12 heteroatoms. The topological polar surface area (TPSA) is 152 Å². The van der Waals surface area contributed by atoms with Gasteiger partial charge in [0.1, 0.15) is 18.2 Å². The van der Waals surface area contributed by atoms with E-state index >= 15 is 0 Å². The Hall–Kier alpha value is -3.48. The second-order valence-corrected chi connectivity index (χ2v) is 10.9. The normalized spacial score (nSPS) is 19.2. The van der Waals surface area contributed by atoms with Crippen molar-refractivity contribution in [3.8, 4) is 11.4 Å². The molecule has 3 amide bonds. The molecule has 2 atom stereocenters. The monoisotopic (exact) mass is 540 g/mol. The first-order valence-corrected chi connectivity index (χ1v) is 13.5. The number of likely N-dealkylation sites (tertiary alicyclic amines) is 1.